The Bertz CT molecular complexity index is 867. The molecule has 1 aromatic carbocycles. The molecule has 0 unspecified atom stereocenters. The number of likely N-dealkylation sites (tertiary alicyclic amines) is 1. The van der Waals surface area contributed by atoms with Crippen LogP contribution < -0.4 is 5.56 Å². The molecule has 1 fully saturated rings. The molecule has 1 atom stereocenters. The van der Waals surface area contributed by atoms with E-state index in [1.807, 2.05) is 11.0 Å². The molecule has 0 saturated carbocycles. The van der Waals surface area contributed by atoms with Crippen molar-refractivity contribution in [3.63, 3.8) is 0 Å². The number of rotatable bonds is 4. The summed E-state index contributed by atoms with van der Waals surface area (Å²) >= 11 is 0. The molecule has 0 N–H and O–H groups in total. The minimum atomic E-state index is -0.533. The summed E-state index contributed by atoms with van der Waals surface area (Å²) < 4.78 is 1.39. The minimum Gasteiger partial charge on any atom is -0.341 e. The number of carbonyl (C=O) groups excluding carboxylic acids is 1. The van der Waals surface area contributed by atoms with Crippen molar-refractivity contribution >= 4 is 5.91 Å². The van der Waals surface area contributed by atoms with Gasteiger partial charge in [-0.1, -0.05) is 30.3 Å². The van der Waals surface area contributed by atoms with Crippen molar-refractivity contribution in [2.24, 2.45) is 5.92 Å². The predicted molar refractivity (Wildman–Crippen MR) is 105 cm³/mol. The number of hydrogen-bond donors (Lipinski definition) is 0. The molecule has 27 heavy (non-hydrogen) atoms. The van der Waals surface area contributed by atoms with E-state index in [-0.39, 0.29) is 11.5 Å². The molecule has 1 aliphatic heterocycles. The molecule has 0 radical (unpaired) electrons. The van der Waals surface area contributed by atoms with Crippen LogP contribution in [0.4, 0.5) is 0 Å². The summed E-state index contributed by atoms with van der Waals surface area (Å²) in [4.78, 5) is 27.2. The molecular weight excluding hydrogens is 338 g/mol. The van der Waals surface area contributed by atoms with Gasteiger partial charge in [-0.25, -0.2) is 4.68 Å². The molecule has 1 aromatic heterocycles. The fourth-order valence-electron chi connectivity index (χ4n) is 4.37. The van der Waals surface area contributed by atoms with Gasteiger partial charge in [-0.15, -0.1) is 0 Å². The van der Waals surface area contributed by atoms with Gasteiger partial charge < -0.3 is 4.90 Å². The smallest absolute Gasteiger partial charge is 0.267 e. The molecule has 2 aromatic rings. The first-order chi connectivity index (χ1) is 13.1. The van der Waals surface area contributed by atoms with Crippen LogP contribution in [0, 0.1) is 5.92 Å². The third kappa shape index (κ3) is 3.82. The average Bonchev–Trinajstić information content (AvgIpc) is 3.15. The van der Waals surface area contributed by atoms with Gasteiger partial charge in [0, 0.05) is 19.2 Å². The van der Waals surface area contributed by atoms with Crippen LogP contribution in [0.25, 0.3) is 0 Å². The van der Waals surface area contributed by atoms with Gasteiger partial charge in [0.2, 0.25) is 5.91 Å². The zero-order chi connectivity index (χ0) is 18.8. The first-order valence-electron chi connectivity index (χ1n) is 10.1. The number of fused-ring (bicyclic) bond motifs is 1. The van der Waals surface area contributed by atoms with Gasteiger partial charge in [-0.3, -0.25) is 9.59 Å². The Morgan fingerprint density at radius 3 is 2.67 bits per heavy atom. The Balaban J connectivity index is 1.38. The van der Waals surface area contributed by atoms with Crippen molar-refractivity contribution < 1.29 is 4.79 Å². The molecule has 2 aliphatic rings. The van der Waals surface area contributed by atoms with E-state index in [1.165, 1.54) is 10.2 Å². The zero-order valence-electron chi connectivity index (χ0n) is 15.9. The van der Waals surface area contributed by atoms with Crippen molar-refractivity contribution in [2.45, 2.75) is 51.5 Å². The van der Waals surface area contributed by atoms with Crippen LogP contribution in [0.2, 0.25) is 0 Å². The number of piperidine rings is 1. The van der Waals surface area contributed by atoms with E-state index < -0.39 is 6.04 Å². The fraction of sp³-hybridized carbons (Fsp3) is 0.500. The second-order valence-corrected chi connectivity index (χ2v) is 7.89. The van der Waals surface area contributed by atoms with Gasteiger partial charge in [0.05, 0.1) is 5.69 Å². The molecule has 1 amide bonds. The number of aromatic nitrogens is 2. The summed E-state index contributed by atoms with van der Waals surface area (Å²) in [5.41, 5.74) is 3.24. The van der Waals surface area contributed by atoms with Gasteiger partial charge in [0.1, 0.15) is 6.04 Å². The predicted octanol–water partition coefficient (Wildman–Crippen LogP) is 2.77. The highest BCUT2D eigenvalue weighted by Gasteiger charge is 2.28. The number of carbonyl (C=O) groups is 1. The summed E-state index contributed by atoms with van der Waals surface area (Å²) in [6.45, 7) is 3.33. The maximum atomic E-state index is 12.9. The van der Waals surface area contributed by atoms with Gasteiger partial charge in [0.15, 0.2) is 0 Å². The molecule has 5 nitrogen and oxygen atoms in total. The highest BCUT2D eigenvalue weighted by atomic mass is 16.2. The molecular formula is C22H27N3O2. The van der Waals surface area contributed by atoms with Crippen molar-refractivity contribution in [1.29, 1.82) is 0 Å². The second kappa shape index (κ2) is 7.67. The lowest BCUT2D eigenvalue weighted by atomic mass is 9.90. The molecule has 0 spiro atoms. The van der Waals surface area contributed by atoms with Crippen molar-refractivity contribution in [3.8, 4) is 0 Å². The van der Waals surface area contributed by atoms with E-state index in [0.717, 1.165) is 62.9 Å². The minimum absolute atomic E-state index is 0.0145. The van der Waals surface area contributed by atoms with Crippen LogP contribution in [0.5, 0.6) is 0 Å². The van der Waals surface area contributed by atoms with Crippen molar-refractivity contribution in [3.05, 3.63) is 63.6 Å². The number of nitrogens with zero attached hydrogens (tertiary/aromatic N) is 3. The normalized spacial score (nSPS) is 18.3. The van der Waals surface area contributed by atoms with Crippen LogP contribution in [-0.4, -0.2) is 33.7 Å². The monoisotopic (exact) mass is 365 g/mol. The topological polar surface area (TPSA) is 55.2 Å². The first kappa shape index (κ1) is 18.0. The Kier molecular flexibility index (Phi) is 5.10. The molecule has 5 heteroatoms. The number of benzene rings is 1. The lowest BCUT2D eigenvalue weighted by Crippen LogP contribution is -2.44. The maximum Gasteiger partial charge on any atom is 0.267 e. The first-order valence-corrected chi connectivity index (χ1v) is 10.1. The highest BCUT2D eigenvalue weighted by molar-refractivity contribution is 5.80. The van der Waals surface area contributed by atoms with E-state index in [1.54, 1.807) is 13.0 Å². The molecule has 4 rings (SSSR count). The molecule has 1 saturated heterocycles. The van der Waals surface area contributed by atoms with Crippen molar-refractivity contribution in [2.75, 3.05) is 13.1 Å². The van der Waals surface area contributed by atoms with Gasteiger partial charge in [0.25, 0.3) is 5.56 Å². The average molecular weight is 365 g/mol. The zero-order valence-corrected chi connectivity index (χ0v) is 15.9. The van der Waals surface area contributed by atoms with Crippen LogP contribution in [0.3, 0.4) is 0 Å². The lowest BCUT2D eigenvalue weighted by Gasteiger charge is -2.33. The van der Waals surface area contributed by atoms with E-state index in [4.69, 9.17) is 0 Å². The number of hydrogen-bond acceptors (Lipinski definition) is 3. The number of aryl methyl sites for hydroxylation is 2. The summed E-state index contributed by atoms with van der Waals surface area (Å²) in [7, 11) is 0. The Hall–Kier alpha value is -2.43. The van der Waals surface area contributed by atoms with Gasteiger partial charge >= 0.3 is 0 Å². The summed E-state index contributed by atoms with van der Waals surface area (Å²) in [5, 5.41) is 4.50. The Morgan fingerprint density at radius 1 is 1.19 bits per heavy atom. The largest absolute Gasteiger partial charge is 0.341 e. The Morgan fingerprint density at radius 2 is 1.93 bits per heavy atom. The van der Waals surface area contributed by atoms with E-state index in [2.05, 4.69) is 29.4 Å². The maximum absolute atomic E-state index is 12.9. The fourth-order valence-corrected chi connectivity index (χ4v) is 4.37. The summed E-state index contributed by atoms with van der Waals surface area (Å²) in [6.07, 6.45) is 5.98. The van der Waals surface area contributed by atoms with Crippen LogP contribution >= 0.6 is 0 Å². The molecule has 142 valence electrons. The Labute approximate surface area is 160 Å². The summed E-state index contributed by atoms with van der Waals surface area (Å²) in [6, 6.07) is 11.7. The van der Waals surface area contributed by atoms with Crippen LogP contribution in [-0.2, 0) is 24.1 Å². The standard InChI is InChI=1S/C22H27N3O2/c1-16(25-21(26)15-19-8-5-9-20(19)23-25)22(27)24-12-10-18(11-13-24)14-17-6-3-2-4-7-17/h2-4,6-7,15-16,18H,5,8-14H2,1H3/t16-/m1/s1. The quantitative estimate of drug-likeness (QED) is 0.837. The lowest BCUT2D eigenvalue weighted by molar-refractivity contribution is -0.136. The SMILES string of the molecule is C[C@H](C(=O)N1CCC(Cc2ccccc2)CC1)n1nc2c(cc1=O)CCC2. The van der Waals surface area contributed by atoms with Crippen LogP contribution in [0.1, 0.15) is 49.0 Å². The third-order valence-corrected chi connectivity index (χ3v) is 6.00. The third-order valence-electron chi connectivity index (χ3n) is 6.00. The van der Waals surface area contributed by atoms with E-state index >= 15 is 0 Å². The van der Waals surface area contributed by atoms with Gasteiger partial charge in [-0.2, -0.15) is 5.10 Å². The van der Waals surface area contributed by atoms with Gasteiger partial charge in [-0.05, 0) is 62.5 Å². The van der Waals surface area contributed by atoms with Crippen LogP contribution in [0.15, 0.2) is 41.2 Å². The number of amides is 1. The second-order valence-electron chi connectivity index (χ2n) is 7.89. The molecule has 2 heterocycles. The van der Waals surface area contributed by atoms with E-state index in [9.17, 15) is 9.59 Å². The summed E-state index contributed by atoms with van der Waals surface area (Å²) in [5.74, 6) is 0.633. The molecule has 1 aliphatic carbocycles. The molecule has 0 bridgehead atoms. The highest BCUT2D eigenvalue weighted by Crippen LogP contribution is 2.24. The van der Waals surface area contributed by atoms with E-state index in [0.29, 0.717) is 5.92 Å². The van der Waals surface area contributed by atoms with Crippen molar-refractivity contribution in [1.82, 2.24) is 14.7 Å².